The maximum absolute atomic E-state index is 14.2. The minimum atomic E-state index is -0.416. The van der Waals surface area contributed by atoms with Gasteiger partial charge in [-0.2, -0.15) is 0 Å². The van der Waals surface area contributed by atoms with Gasteiger partial charge < -0.3 is 15.0 Å². The first-order valence-corrected chi connectivity index (χ1v) is 11.5. The summed E-state index contributed by atoms with van der Waals surface area (Å²) in [6, 6.07) is 17.8. The van der Waals surface area contributed by atoms with E-state index in [4.69, 9.17) is 4.74 Å². The van der Waals surface area contributed by atoms with Crippen LogP contribution in [0.1, 0.15) is 39.1 Å². The molecule has 3 aromatic rings. The summed E-state index contributed by atoms with van der Waals surface area (Å²) in [4.78, 5) is 52.6. The van der Waals surface area contributed by atoms with E-state index in [9.17, 15) is 23.6 Å². The quantitative estimate of drug-likeness (QED) is 0.512. The second-order valence-electron chi connectivity index (χ2n) is 8.50. The third-order valence-corrected chi connectivity index (χ3v) is 6.14. The van der Waals surface area contributed by atoms with Gasteiger partial charge in [-0.3, -0.25) is 24.1 Å². The summed E-state index contributed by atoms with van der Waals surface area (Å²) in [5, 5.41) is 2.77. The Morgan fingerprint density at radius 1 is 0.917 bits per heavy atom. The number of hydrogen-bond acceptors (Lipinski definition) is 5. The lowest BCUT2D eigenvalue weighted by molar-refractivity contribution is -0.121. The molecule has 0 aromatic heterocycles. The summed E-state index contributed by atoms with van der Waals surface area (Å²) in [6.07, 6.45) is 0.377. The summed E-state index contributed by atoms with van der Waals surface area (Å²) < 4.78 is 19.7. The molecule has 0 unspecified atom stereocenters. The Morgan fingerprint density at radius 2 is 1.61 bits per heavy atom. The Bertz CT molecular complexity index is 1350. The Balaban J connectivity index is 1.22. The zero-order chi connectivity index (χ0) is 25.2. The van der Waals surface area contributed by atoms with Gasteiger partial charge in [0.15, 0.2) is 6.61 Å². The van der Waals surface area contributed by atoms with E-state index in [0.29, 0.717) is 40.2 Å². The van der Waals surface area contributed by atoms with Crippen molar-refractivity contribution >= 4 is 35.0 Å². The number of halogens is 1. The van der Waals surface area contributed by atoms with Gasteiger partial charge in [0, 0.05) is 24.2 Å². The SMILES string of the molecule is O=C(CCCN1C(=O)c2ccccc2C1=O)Nc1ccc2c(c1)N(Cc1ccccc1F)C(=O)CO2. The van der Waals surface area contributed by atoms with Crippen molar-refractivity contribution in [1.29, 1.82) is 0 Å². The van der Waals surface area contributed by atoms with E-state index in [0.717, 1.165) is 4.90 Å². The average molecular weight is 487 g/mol. The van der Waals surface area contributed by atoms with Crippen molar-refractivity contribution in [3.05, 3.63) is 89.2 Å². The molecule has 5 rings (SSSR count). The number of anilines is 2. The molecule has 0 atom stereocenters. The van der Waals surface area contributed by atoms with E-state index in [1.165, 1.54) is 11.0 Å². The first-order valence-electron chi connectivity index (χ1n) is 11.5. The summed E-state index contributed by atoms with van der Waals surface area (Å²) in [7, 11) is 0. The minimum absolute atomic E-state index is 0.0273. The molecule has 2 aliphatic heterocycles. The van der Waals surface area contributed by atoms with Crippen LogP contribution >= 0.6 is 0 Å². The molecular weight excluding hydrogens is 465 g/mol. The average Bonchev–Trinajstić information content (AvgIpc) is 3.12. The first-order chi connectivity index (χ1) is 17.4. The van der Waals surface area contributed by atoms with Crippen LogP contribution in [0.2, 0.25) is 0 Å². The number of amides is 4. The lowest BCUT2D eigenvalue weighted by Gasteiger charge is -2.30. The fourth-order valence-electron chi connectivity index (χ4n) is 4.31. The molecule has 4 amide bonds. The highest BCUT2D eigenvalue weighted by molar-refractivity contribution is 6.21. The van der Waals surface area contributed by atoms with Crippen molar-refractivity contribution in [2.75, 3.05) is 23.4 Å². The molecule has 9 heteroatoms. The minimum Gasteiger partial charge on any atom is -0.482 e. The number of ether oxygens (including phenoxy) is 1. The predicted molar refractivity (Wildman–Crippen MR) is 129 cm³/mol. The van der Waals surface area contributed by atoms with Gasteiger partial charge >= 0.3 is 0 Å². The zero-order valence-electron chi connectivity index (χ0n) is 19.2. The Morgan fingerprint density at radius 3 is 2.33 bits per heavy atom. The van der Waals surface area contributed by atoms with Crippen LogP contribution in [0, 0.1) is 5.82 Å². The number of nitrogens with zero attached hydrogens (tertiary/aromatic N) is 2. The van der Waals surface area contributed by atoms with Gasteiger partial charge in [-0.15, -0.1) is 0 Å². The fraction of sp³-hybridized carbons (Fsp3) is 0.185. The molecule has 0 saturated heterocycles. The van der Waals surface area contributed by atoms with Gasteiger partial charge in [-0.25, -0.2) is 4.39 Å². The fourth-order valence-corrected chi connectivity index (χ4v) is 4.31. The van der Waals surface area contributed by atoms with Crippen LogP contribution in [0.3, 0.4) is 0 Å². The van der Waals surface area contributed by atoms with Crippen molar-refractivity contribution in [3.8, 4) is 5.75 Å². The van der Waals surface area contributed by atoms with Crippen LogP contribution in [0.15, 0.2) is 66.7 Å². The van der Waals surface area contributed by atoms with Crippen molar-refractivity contribution in [3.63, 3.8) is 0 Å². The smallest absolute Gasteiger partial charge is 0.265 e. The molecule has 0 aliphatic carbocycles. The highest BCUT2D eigenvalue weighted by atomic mass is 19.1. The maximum Gasteiger partial charge on any atom is 0.265 e. The number of fused-ring (bicyclic) bond motifs is 2. The molecule has 0 fully saturated rings. The standard InChI is InChI=1S/C27H22FN3O5/c28-21-9-4-1-6-17(21)15-31-22-14-18(11-12-23(22)36-16-25(31)33)29-24(32)10-5-13-30-26(34)19-7-2-3-8-20(19)27(30)35/h1-4,6-9,11-12,14H,5,10,13,15-16H2,(H,29,32). The number of imide groups is 1. The second kappa shape index (κ2) is 9.61. The number of benzene rings is 3. The molecular formula is C27H22FN3O5. The van der Waals surface area contributed by atoms with Crippen LogP contribution in [0.5, 0.6) is 5.75 Å². The van der Waals surface area contributed by atoms with Crippen molar-refractivity contribution in [2.24, 2.45) is 0 Å². The van der Waals surface area contributed by atoms with Gasteiger partial charge in [0.05, 0.1) is 23.4 Å². The number of nitrogens with one attached hydrogen (secondary N) is 1. The van der Waals surface area contributed by atoms with Crippen LogP contribution in [0.25, 0.3) is 0 Å². The molecule has 1 N–H and O–H groups in total. The second-order valence-corrected chi connectivity index (χ2v) is 8.50. The topological polar surface area (TPSA) is 96.0 Å². The highest BCUT2D eigenvalue weighted by Crippen LogP contribution is 2.36. The van der Waals surface area contributed by atoms with E-state index in [-0.39, 0.29) is 49.7 Å². The number of carbonyl (C=O) groups is 4. The van der Waals surface area contributed by atoms with Crippen LogP contribution < -0.4 is 15.0 Å². The highest BCUT2D eigenvalue weighted by Gasteiger charge is 2.34. The predicted octanol–water partition coefficient (Wildman–Crippen LogP) is 3.77. The molecule has 36 heavy (non-hydrogen) atoms. The number of hydrogen-bond donors (Lipinski definition) is 1. The van der Waals surface area contributed by atoms with Gasteiger partial charge in [0.1, 0.15) is 11.6 Å². The van der Waals surface area contributed by atoms with Crippen molar-refractivity contribution in [1.82, 2.24) is 4.90 Å². The molecule has 2 aliphatic rings. The molecule has 0 radical (unpaired) electrons. The van der Waals surface area contributed by atoms with Gasteiger partial charge in [-0.05, 0) is 42.8 Å². The van der Waals surface area contributed by atoms with E-state index in [2.05, 4.69) is 5.32 Å². The van der Waals surface area contributed by atoms with E-state index in [1.807, 2.05) is 0 Å². The molecule has 182 valence electrons. The van der Waals surface area contributed by atoms with Crippen LogP contribution in [-0.4, -0.2) is 41.7 Å². The van der Waals surface area contributed by atoms with Crippen LogP contribution in [0.4, 0.5) is 15.8 Å². The summed E-state index contributed by atoms with van der Waals surface area (Å²) in [5.74, 6) is -1.31. The first kappa shape index (κ1) is 23.2. The Kier molecular flexibility index (Phi) is 6.20. The van der Waals surface area contributed by atoms with Gasteiger partial charge in [0.25, 0.3) is 17.7 Å². The molecule has 0 bridgehead atoms. The number of carbonyl (C=O) groups excluding carboxylic acids is 4. The summed E-state index contributed by atoms with van der Waals surface area (Å²) in [6.45, 7) is -0.00672. The summed E-state index contributed by atoms with van der Waals surface area (Å²) >= 11 is 0. The monoisotopic (exact) mass is 487 g/mol. The van der Waals surface area contributed by atoms with E-state index >= 15 is 0 Å². The molecule has 0 spiro atoms. The largest absolute Gasteiger partial charge is 0.482 e. The summed E-state index contributed by atoms with van der Waals surface area (Å²) in [5.41, 5.74) is 1.98. The molecule has 8 nitrogen and oxygen atoms in total. The van der Waals surface area contributed by atoms with E-state index < -0.39 is 5.82 Å². The Labute approximate surface area is 206 Å². The lowest BCUT2D eigenvalue weighted by Crippen LogP contribution is -2.38. The molecule has 0 saturated carbocycles. The van der Waals surface area contributed by atoms with Crippen molar-refractivity contribution in [2.45, 2.75) is 19.4 Å². The lowest BCUT2D eigenvalue weighted by atomic mass is 10.1. The normalized spacial score (nSPS) is 14.4. The third-order valence-electron chi connectivity index (χ3n) is 6.14. The third kappa shape index (κ3) is 4.43. The van der Waals surface area contributed by atoms with Gasteiger partial charge in [0.2, 0.25) is 5.91 Å². The van der Waals surface area contributed by atoms with Gasteiger partial charge in [-0.1, -0.05) is 30.3 Å². The molecule has 3 aromatic carbocycles. The van der Waals surface area contributed by atoms with Crippen molar-refractivity contribution < 1.29 is 28.3 Å². The van der Waals surface area contributed by atoms with Crippen LogP contribution in [-0.2, 0) is 16.1 Å². The molecule has 2 heterocycles. The zero-order valence-corrected chi connectivity index (χ0v) is 19.2. The van der Waals surface area contributed by atoms with E-state index in [1.54, 1.807) is 60.7 Å². The Hall–Kier alpha value is -4.53. The maximum atomic E-state index is 14.2. The number of rotatable bonds is 7.